The predicted octanol–water partition coefficient (Wildman–Crippen LogP) is 3.17. The van der Waals surface area contributed by atoms with Crippen LogP contribution in [0.1, 0.15) is 19.4 Å². The standard InChI is InChI=1S/C25H27N3O5S/c1-5-11-32-24(30)16(4)20-21-15(3)18(22(28(21)23(20)29)25(31)33-12-6-2)14-27-26-13-17-9-7-8-10-19(17)34-27/h5-10,13,15-16,20-21H,1-2,11-12,14H2,3-4H3. The number of carbonyl (C=O) groups is 3. The lowest BCUT2D eigenvalue weighted by Crippen LogP contribution is -2.63. The van der Waals surface area contributed by atoms with Crippen LogP contribution in [0.2, 0.25) is 0 Å². The van der Waals surface area contributed by atoms with Crippen molar-refractivity contribution in [3.05, 3.63) is 66.4 Å². The van der Waals surface area contributed by atoms with E-state index in [0.29, 0.717) is 6.54 Å². The van der Waals surface area contributed by atoms with Gasteiger partial charge in [-0.2, -0.15) is 5.10 Å². The van der Waals surface area contributed by atoms with E-state index in [0.717, 1.165) is 16.0 Å². The van der Waals surface area contributed by atoms with E-state index >= 15 is 0 Å². The monoisotopic (exact) mass is 481 g/mol. The minimum absolute atomic E-state index is 0.0361. The summed E-state index contributed by atoms with van der Waals surface area (Å²) in [5.41, 5.74) is 2.02. The first-order valence-electron chi connectivity index (χ1n) is 11.1. The third kappa shape index (κ3) is 4.16. The van der Waals surface area contributed by atoms with Crippen molar-refractivity contribution in [3.63, 3.8) is 0 Å². The summed E-state index contributed by atoms with van der Waals surface area (Å²) in [7, 11) is 0. The molecule has 8 nitrogen and oxygen atoms in total. The maximum atomic E-state index is 13.2. The Labute approximate surface area is 203 Å². The molecule has 178 valence electrons. The molecule has 4 atom stereocenters. The fourth-order valence-electron chi connectivity index (χ4n) is 4.64. The van der Waals surface area contributed by atoms with Crippen molar-refractivity contribution in [2.75, 3.05) is 19.8 Å². The molecule has 1 amide bonds. The summed E-state index contributed by atoms with van der Waals surface area (Å²) in [6.45, 7) is 11.2. The van der Waals surface area contributed by atoms with Crippen molar-refractivity contribution in [2.24, 2.45) is 22.9 Å². The normalized spacial score (nSPS) is 23.6. The number of hydrogen-bond donors (Lipinski definition) is 0. The fraction of sp³-hybridized carbons (Fsp3) is 0.360. The number of amides is 1. The Bertz CT molecular complexity index is 1100. The first-order valence-corrected chi connectivity index (χ1v) is 11.9. The first kappa shape index (κ1) is 23.8. The Kier molecular flexibility index (Phi) is 6.92. The third-order valence-electron chi connectivity index (χ3n) is 6.33. The second-order valence-corrected chi connectivity index (χ2v) is 9.41. The minimum atomic E-state index is -0.643. The topological polar surface area (TPSA) is 88.5 Å². The van der Waals surface area contributed by atoms with E-state index in [-0.39, 0.29) is 36.8 Å². The van der Waals surface area contributed by atoms with Gasteiger partial charge < -0.3 is 14.4 Å². The van der Waals surface area contributed by atoms with Crippen LogP contribution in [-0.4, -0.2) is 59.2 Å². The molecule has 0 saturated carbocycles. The maximum Gasteiger partial charge on any atom is 0.355 e. The lowest BCUT2D eigenvalue weighted by Gasteiger charge is -2.47. The summed E-state index contributed by atoms with van der Waals surface area (Å²) in [5.74, 6) is -2.70. The number of fused-ring (bicyclic) bond motifs is 2. The molecule has 3 aliphatic rings. The maximum absolute atomic E-state index is 13.2. The molecule has 3 aliphatic heterocycles. The SMILES string of the molecule is C=CCOC(=O)C1=C(CN2N=Cc3ccccc3S2)C(C)C2C(C(C)C(=O)OCC=C)C(=O)N12. The van der Waals surface area contributed by atoms with Crippen molar-refractivity contribution in [3.8, 4) is 0 Å². The molecule has 0 radical (unpaired) electrons. The average Bonchev–Trinajstić information content (AvgIpc) is 3.09. The van der Waals surface area contributed by atoms with Crippen LogP contribution in [0.3, 0.4) is 0 Å². The van der Waals surface area contributed by atoms with Crippen molar-refractivity contribution in [2.45, 2.75) is 24.8 Å². The van der Waals surface area contributed by atoms with Crippen molar-refractivity contribution in [1.29, 1.82) is 0 Å². The predicted molar refractivity (Wildman–Crippen MR) is 128 cm³/mol. The average molecular weight is 482 g/mol. The Balaban J connectivity index is 1.60. The molecule has 0 N–H and O–H groups in total. The van der Waals surface area contributed by atoms with Gasteiger partial charge in [-0.15, -0.1) is 0 Å². The van der Waals surface area contributed by atoms with Crippen LogP contribution in [0.4, 0.5) is 0 Å². The smallest absolute Gasteiger partial charge is 0.355 e. The van der Waals surface area contributed by atoms with Gasteiger partial charge in [-0.05, 0) is 11.6 Å². The first-order chi connectivity index (χ1) is 16.4. The molecule has 1 saturated heterocycles. The summed E-state index contributed by atoms with van der Waals surface area (Å²) in [6.07, 6.45) is 4.75. The highest BCUT2D eigenvalue weighted by molar-refractivity contribution is 7.97. The summed E-state index contributed by atoms with van der Waals surface area (Å²) in [5, 5.41) is 4.51. The molecule has 4 unspecified atom stereocenters. The molecule has 34 heavy (non-hydrogen) atoms. The highest BCUT2D eigenvalue weighted by Crippen LogP contribution is 2.49. The van der Waals surface area contributed by atoms with Gasteiger partial charge in [0, 0.05) is 28.3 Å². The van der Waals surface area contributed by atoms with E-state index in [9.17, 15) is 14.4 Å². The van der Waals surface area contributed by atoms with E-state index < -0.39 is 23.8 Å². The molecule has 0 aliphatic carbocycles. The highest BCUT2D eigenvalue weighted by Gasteiger charge is 2.61. The van der Waals surface area contributed by atoms with Gasteiger partial charge in [-0.3, -0.25) is 9.59 Å². The number of nitrogens with zero attached hydrogens (tertiary/aromatic N) is 3. The zero-order chi connectivity index (χ0) is 24.4. The lowest BCUT2D eigenvalue weighted by molar-refractivity contribution is -0.168. The third-order valence-corrected chi connectivity index (χ3v) is 7.33. The summed E-state index contributed by atoms with van der Waals surface area (Å²) >= 11 is 1.47. The van der Waals surface area contributed by atoms with Gasteiger partial charge in [0.2, 0.25) is 5.91 Å². The van der Waals surface area contributed by atoms with E-state index in [4.69, 9.17) is 9.47 Å². The van der Waals surface area contributed by atoms with E-state index in [2.05, 4.69) is 18.3 Å². The molecule has 0 bridgehead atoms. The summed E-state index contributed by atoms with van der Waals surface area (Å²) in [6, 6.07) is 7.58. The lowest BCUT2D eigenvalue weighted by atomic mass is 9.74. The quantitative estimate of drug-likeness (QED) is 0.232. The Morgan fingerprint density at radius 3 is 2.65 bits per heavy atom. The molecule has 9 heteroatoms. The van der Waals surface area contributed by atoms with Gasteiger partial charge >= 0.3 is 11.9 Å². The highest BCUT2D eigenvalue weighted by atomic mass is 32.2. The Morgan fingerprint density at radius 1 is 1.21 bits per heavy atom. The second-order valence-electron chi connectivity index (χ2n) is 8.37. The molecular formula is C25H27N3O5S. The van der Waals surface area contributed by atoms with Crippen LogP contribution in [0.5, 0.6) is 0 Å². The van der Waals surface area contributed by atoms with Gasteiger partial charge in [0.05, 0.1) is 30.6 Å². The number of esters is 2. The molecule has 1 aromatic rings. The van der Waals surface area contributed by atoms with Crippen molar-refractivity contribution in [1.82, 2.24) is 9.31 Å². The molecule has 1 fully saturated rings. The van der Waals surface area contributed by atoms with Gasteiger partial charge in [0.1, 0.15) is 18.9 Å². The number of hydrazone groups is 1. The zero-order valence-corrected chi connectivity index (χ0v) is 20.0. The Morgan fingerprint density at radius 2 is 1.91 bits per heavy atom. The van der Waals surface area contributed by atoms with Gasteiger partial charge in [0.15, 0.2) is 0 Å². The number of carbonyl (C=O) groups excluding carboxylic acids is 3. The molecule has 0 spiro atoms. The zero-order valence-electron chi connectivity index (χ0n) is 19.2. The number of β-lactam (4-membered cyclic amide) rings is 1. The number of ether oxygens (including phenoxy) is 2. The largest absolute Gasteiger partial charge is 0.461 e. The molecule has 0 aromatic heterocycles. The second kappa shape index (κ2) is 9.89. The van der Waals surface area contributed by atoms with Gasteiger partial charge in [-0.1, -0.05) is 57.4 Å². The van der Waals surface area contributed by atoms with Crippen molar-refractivity contribution >= 4 is 36.0 Å². The number of rotatable bonds is 9. The number of benzene rings is 1. The van der Waals surface area contributed by atoms with Crippen LogP contribution in [-0.2, 0) is 23.9 Å². The molecule has 3 heterocycles. The van der Waals surface area contributed by atoms with Gasteiger partial charge in [-0.25, -0.2) is 9.21 Å². The summed E-state index contributed by atoms with van der Waals surface area (Å²) in [4.78, 5) is 41.2. The van der Waals surface area contributed by atoms with E-state index in [1.165, 1.54) is 29.0 Å². The van der Waals surface area contributed by atoms with E-state index in [1.807, 2.05) is 31.2 Å². The van der Waals surface area contributed by atoms with Gasteiger partial charge in [0.25, 0.3) is 0 Å². The van der Waals surface area contributed by atoms with E-state index in [1.54, 1.807) is 17.6 Å². The molecule has 4 rings (SSSR count). The van der Waals surface area contributed by atoms with Crippen LogP contribution >= 0.6 is 11.9 Å². The fourth-order valence-corrected chi connectivity index (χ4v) is 5.53. The van der Waals surface area contributed by atoms with Crippen LogP contribution in [0.25, 0.3) is 0 Å². The molecular weight excluding hydrogens is 454 g/mol. The van der Waals surface area contributed by atoms with Crippen LogP contribution < -0.4 is 0 Å². The van der Waals surface area contributed by atoms with Crippen LogP contribution in [0.15, 0.2) is 70.8 Å². The minimum Gasteiger partial charge on any atom is -0.461 e. The molecule has 1 aromatic carbocycles. The van der Waals surface area contributed by atoms with Crippen LogP contribution in [0, 0.1) is 17.8 Å². The number of hydrogen-bond acceptors (Lipinski definition) is 8. The summed E-state index contributed by atoms with van der Waals surface area (Å²) < 4.78 is 12.3. The van der Waals surface area contributed by atoms with Crippen molar-refractivity contribution < 1.29 is 23.9 Å². The Hall–Kier alpha value is -3.33.